The molecule has 30 heavy (non-hydrogen) atoms. The minimum Gasteiger partial charge on any atom is -0.497 e. The molecule has 1 aliphatic heterocycles. The second kappa shape index (κ2) is 11.6. The van der Waals surface area contributed by atoms with Crippen LogP contribution in [0.2, 0.25) is 0 Å². The van der Waals surface area contributed by atoms with Gasteiger partial charge in [-0.25, -0.2) is 0 Å². The van der Waals surface area contributed by atoms with Crippen molar-refractivity contribution in [3.8, 4) is 11.5 Å². The highest BCUT2D eigenvalue weighted by Crippen LogP contribution is 2.16. The van der Waals surface area contributed by atoms with E-state index >= 15 is 0 Å². The van der Waals surface area contributed by atoms with Gasteiger partial charge in [-0.15, -0.1) is 0 Å². The summed E-state index contributed by atoms with van der Waals surface area (Å²) >= 11 is 0. The van der Waals surface area contributed by atoms with Crippen molar-refractivity contribution in [2.45, 2.75) is 13.3 Å². The molecule has 1 heterocycles. The van der Waals surface area contributed by atoms with Crippen LogP contribution in [-0.4, -0.2) is 65.4 Å². The largest absolute Gasteiger partial charge is 0.497 e. The molecule has 0 aromatic heterocycles. The molecule has 0 aliphatic carbocycles. The van der Waals surface area contributed by atoms with E-state index in [0.29, 0.717) is 19.7 Å². The summed E-state index contributed by atoms with van der Waals surface area (Å²) in [7, 11) is 1.66. The van der Waals surface area contributed by atoms with E-state index in [4.69, 9.17) is 9.47 Å². The van der Waals surface area contributed by atoms with Crippen LogP contribution in [0.1, 0.15) is 11.1 Å². The normalized spacial score (nSPS) is 18.6. The maximum absolute atomic E-state index is 12.3. The zero-order chi connectivity index (χ0) is 21.2. The number of ether oxygens (including phenoxy) is 2. The lowest BCUT2D eigenvalue weighted by atomic mass is 10.1. The van der Waals surface area contributed by atoms with E-state index in [2.05, 4.69) is 30.4 Å². The minimum atomic E-state index is 0.157. The molecule has 2 aromatic rings. The van der Waals surface area contributed by atoms with Gasteiger partial charge >= 0.3 is 0 Å². The molecule has 6 heteroatoms. The first-order chi connectivity index (χ1) is 14.6. The molecule has 0 bridgehead atoms. The number of nitrogens with one attached hydrogen (secondary N) is 3. The Morgan fingerprint density at radius 2 is 1.63 bits per heavy atom. The van der Waals surface area contributed by atoms with Gasteiger partial charge < -0.3 is 24.6 Å². The third-order valence-electron chi connectivity index (χ3n) is 5.84. The fourth-order valence-corrected chi connectivity index (χ4v) is 3.89. The Hall–Kier alpha value is -2.57. The second-order valence-corrected chi connectivity index (χ2v) is 7.98. The summed E-state index contributed by atoms with van der Waals surface area (Å²) in [4.78, 5) is 15.2. The molecule has 162 valence electrons. The lowest BCUT2D eigenvalue weighted by Gasteiger charge is -2.29. The van der Waals surface area contributed by atoms with Crippen LogP contribution in [0.4, 0.5) is 0 Å². The number of piperazine rings is 1. The van der Waals surface area contributed by atoms with Crippen LogP contribution < -0.4 is 24.6 Å². The Bertz CT molecular complexity index is 787. The second-order valence-electron chi connectivity index (χ2n) is 7.98. The average molecular weight is 414 g/mol. The maximum atomic E-state index is 12.3. The molecule has 1 amide bonds. The monoisotopic (exact) mass is 413 g/mol. The zero-order valence-corrected chi connectivity index (χ0v) is 18.2. The SMILES string of the molecule is COc1ccc(OCC[NH+]2CC[NH+](CC(=O)NCCc3ccccc3C)CC2)cc1. The number of aryl methyl sites for hydroxylation is 1. The number of methoxy groups -OCH3 is 1. The van der Waals surface area contributed by atoms with Crippen molar-refractivity contribution >= 4 is 5.91 Å². The van der Waals surface area contributed by atoms with Crippen molar-refractivity contribution in [3.63, 3.8) is 0 Å². The predicted molar refractivity (Wildman–Crippen MR) is 118 cm³/mol. The van der Waals surface area contributed by atoms with Crippen molar-refractivity contribution in [1.82, 2.24) is 5.32 Å². The molecule has 3 N–H and O–H groups in total. The van der Waals surface area contributed by atoms with Gasteiger partial charge in [-0.2, -0.15) is 0 Å². The average Bonchev–Trinajstić information content (AvgIpc) is 2.77. The summed E-state index contributed by atoms with van der Waals surface area (Å²) in [6.07, 6.45) is 0.889. The summed E-state index contributed by atoms with van der Waals surface area (Å²) in [5, 5.41) is 3.08. The van der Waals surface area contributed by atoms with E-state index in [9.17, 15) is 4.79 Å². The highest BCUT2D eigenvalue weighted by Gasteiger charge is 2.24. The van der Waals surface area contributed by atoms with E-state index in [1.165, 1.54) is 16.0 Å². The summed E-state index contributed by atoms with van der Waals surface area (Å²) in [5.41, 5.74) is 2.59. The summed E-state index contributed by atoms with van der Waals surface area (Å²) in [6, 6.07) is 16.1. The Balaban J connectivity index is 1.27. The molecule has 1 fully saturated rings. The number of carbonyl (C=O) groups excluding carboxylic acids is 1. The maximum Gasteiger partial charge on any atom is 0.275 e. The fraction of sp³-hybridized carbons (Fsp3) is 0.458. The Morgan fingerprint density at radius 1 is 0.967 bits per heavy atom. The lowest BCUT2D eigenvalue weighted by molar-refractivity contribution is -1.01. The van der Waals surface area contributed by atoms with Crippen molar-refractivity contribution in [3.05, 3.63) is 59.7 Å². The molecular weight excluding hydrogens is 378 g/mol. The summed E-state index contributed by atoms with van der Waals surface area (Å²) in [5.74, 6) is 1.87. The third-order valence-corrected chi connectivity index (χ3v) is 5.84. The molecule has 0 saturated carbocycles. The number of rotatable bonds is 10. The number of carbonyl (C=O) groups is 1. The molecule has 3 rings (SSSR count). The molecule has 0 atom stereocenters. The van der Waals surface area contributed by atoms with Crippen LogP contribution in [0.5, 0.6) is 11.5 Å². The third kappa shape index (κ3) is 7.04. The van der Waals surface area contributed by atoms with E-state index < -0.39 is 0 Å². The first kappa shape index (κ1) is 22.1. The van der Waals surface area contributed by atoms with Crippen molar-refractivity contribution in [1.29, 1.82) is 0 Å². The Labute approximate surface area is 179 Å². The highest BCUT2D eigenvalue weighted by atomic mass is 16.5. The van der Waals surface area contributed by atoms with Gasteiger partial charge in [0.25, 0.3) is 5.91 Å². The van der Waals surface area contributed by atoms with Gasteiger partial charge in [-0.1, -0.05) is 24.3 Å². The molecule has 6 nitrogen and oxygen atoms in total. The summed E-state index contributed by atoms with van der Waals surface area (Å²) < 4.78 is 11.0. The number of quaternary nitrogens is 2. The van der Waals surface area contributed by atoms with E-state index in [0.717, 1.165) is 50.6 Å². The number of benzene rings is 2. The lowest BCUT2D eigenvalue weighted by Crippen LogP contribution is -3.28. The van der Waals surface area contributed by atoms with Crippen LogP contribution >= 0.6 is 0 Å². The molecule has 1 saturated heterocycles. The van der Waals surface area contributed by atoms with E-state index in [-0.39, 0.29) is 5.91 Å². The van der Waals surface area contributed by atoms with Gasteiger partial charge in [0.15, 0.2) is 6.54 Å². The molecule has 2 aromatic carbocycles. The Morgan fingerprint density at radius 3 is 2.33 bits per heavy atom. The Kier molecular flexibility index (Phi) is 8.53. The highest BCUT2D eigenvalue weighted by molar-refractivity contribution is 5.76. The predicted octanol–water partition coefficient (Wildman–Crippen LogP) is -0.475. The zero-order valence-electron chi connectivity index (χ0n) is 18.2. The molecular formula is C24H35N3O3+2. The quantitative estimate of drug-likeness (QED) is 0.494. The van der Waals surface area contributed by atoms with E-state index in [1.54, 1.807) is 12.0 Å². The smallest absolute Gasteiger partial charge is 0.275 e. The van der Waals surface area contributed by atoms with Gasteiger partial charge in [0.1, 0.15) is 50.8 Å². The van der Waals surface area contributed by atoms with Gasteiger partial charge in [0, 0.05) is 6.54 Å². The fourth-order valence-electron chi connectivity index (χ4n) is 3.89. The van der Waals surface area contributed by atoms with Crippen LogP contribution in [0.15, 0.2) is 48.5 Å². The van der Waals surface area contributed by atoms with Crippen LogP contribution in [-0.2, 0) is 11.2 Å². The van der Waals surface area contributed by atoms with Crippen molar-refractivity contribution in [2.75, 3.05) is 59.5 Å². The van der Waals surface area contributed by atoms with Crippen molar-refractivity contribution in [2.24, 2.45) is 0 Å². The van der Waals surface area contributed by atoms with Crippen molar-refractivity contribution < 1.29 is 24.1 Å². The number of amides is 1. The molecule has 1 aliphatic rings. The van der Waals surface area contributed by atoms with Crippen LogP contribution in [0, 0.1) is 6.92 Å². The first-order valence-corrected chi connectivity index (χ1v) is 10.9. The van der Waals surface area contributed by atoms with Gasteiger partial charge in [-0.3, -0.25) is 4.79 Å². The molecule has 0 radical (unpaired) electrons. The standard InChI is InChI=1S/C24H33N3O3/c1-20-5-3-4-6-21(20)11-12-25-24(28)19-27-15-13-26(14-16-27)17-18-30-23-9-7-22(29-2)8-10-23/h3-10H,11-19H2,1-2H3,(H,25,28)/p+2. The number of hydrogen-bond donors (Lipinski definition) is 3. The minimum absolute atomic E-state index is 0.157. The topological polar surface area (TPSA) is 56.4 Å². The van der Waals surface area contributed by atoms with Gasteiger partial charge in [0.2, 0.25) is 0 Å². The molecule has 0 spiro atoms. The van der Waals surface area contributed by atoms with Gasteiger partial charge in [0.05, 0.1) is 7.11 Å². The first-order valence-electron chi connectivity index (χ1n) is 10.9. The molecule has 0 unspecified atom stereocenters. The van der Waals surface area contributed by atoms with E-state index in [1.807, 2.05) is 30.3 Å². The van der Waals surface area contributed by atoms with Crippen LogP contribution in [0.3, 0.4) is 0 Å². The van der Waals surface area contributed by atoms with Crippen LogP contribution in [0.25, 0.3) is 0 Å². The summed E-state index contributed by atoms with van der Waals surface area (Å²) in [6.45, 7) is 9.31. The number of hydrogen-bond acceptors (Lipinski definition) is 3. The van der Waals surface area contributed by atoms with Gasteiger partial charge in [-0.05, 0) is 48.7 Å².